The number of ether oxygens (including phenoxy) is 1. The van der Waals surface area contributed by atoms with Crippen molar-refractivity contribution in [2.45, 2.75) is 40.0 Å². The Labute approximate surface area is 102 Å². The van der Waals surface area contributed by atoms with E-state index in [4.69, 9.17) is 4.74 Å². The van der Waals surface area contributed by atoms with Crippen LogP contribution in [0, 0.1) is 11.3 Å². The van der Waals surface area contributed by atoms with Crippen LogP contribution < -0.4 is 0 Å². The molecule has 0 aromatic rings. The molecule has 2 rings (SSSR count). The molecule has 0 bridgehead atoms. The second-order valence-electron chi connectivity index (χ2n) is 5.15. The van der Waals surface area contributed by atoms with Gasteiger partial charge in [-0.05, 0) is 50.7 Å². The van der Waals surface area contributed by atoms with E-state index in [0.717, 1.165) is 30.6 Å². The molecule has 0 aromatic heterocycles. The Morgan fingerprint density at radius 3 is 2.71 bits per heavy atom. The van der Waals surface area contributed by atoms with E-state index in [1.165, 1.54) is 6.92 Å². The molecule has 0 aromatic carbocycles. The number of rotatable bonds is 2. The lowest BCUT2D eigenvalue weighted by Crippen LogP contribution is -2.29. The first-order chi connectivity index (χ1) is 7.93. The normalized spacial score (nSPS) is 31.4. The van der Waals surface area contributed by atoms with E-state index >= 15 is 0 Å². The summed E-state index contributed by atoms with van der Waals surface area (Å²) in [7, 11) is 0. The zero-order valence-electron chi connectivity index (χ0n) is 10.6. The van der Waals surface area contributed by atoms with Crippen molar-refractivity contribution in [1.29, 1.82) is 0 Å². The fourth-order valence-electron chi connectivity index (χ4n) is 2.88. The largest absolute Gasteiger partial charge is 0.431 e. The molecule has 0 amide bonds. The van der Waals surface area contributed by atoms with Crippen LogP contribution in [-0.2, 0) is 14.3 Å². The van der Waals surface area contributed by atoms with E-state index in [2.05, 4.69) is 6.92 Å². The van der Waals surface area contributed by atoms with Crippen molar-refractivity contribution in [3.63, 3.8) is 0 Å². The average molecular weight is 234 g/mol. The minimum absolute atomic E-state index is 0.128. The SMILES string of the molecule is CC(=O)OC1=CCC[C@@H]2CC(C(C)=O)=C[C@]12C. The summed E-state index contributed by atoms with van der Waals surface area (Å²) in [5.74, 6) is 0.948. The van der Waals surface area contributed by atoms with Gasteiger partial charge in [0.2, 0.25) is 0 Å². The van der Waals surface area contributed by atoms with Gasteiger partial charge < -0.3 is 4.74 Å². The van der Waals surface area contributed by atoms with Crippen LogP contribution >= 0.6 is 0 Å². The second kappa shape index (κ2) is 4.13. The third kappa shape index (κ3) is 2.06. The summed E-state index contributed by atoms with van der Waals surface area (Å²) < 4.78 is 5.30. The van der Waals surface area contributed by atoms with Crippen molar-refractivity contribution < 1.29 is 14.3 Å². The molecule has 0 N–H and O–H groups in total. The Balaban J connectivity index is 2.33. The van der Waals surface area contributed by atoms with Crippen molar-refractivity contribution in [2.24, 2.45) is 11.3 Å². The van der Waals surface area contributed by atoms with Crippen LogP contribution in [0.25, 0.3) is 0 Å². The molecular formula is C14H18O3. The molecule has 0 radical (unpaired) electrons. The molecule has 0 spiro atoms. The molecule has 0 saturated carbocycles. The fraction of sp³-hybridized carbons (Fsp3) is 0.571. The summed E-state index contributed by atoms with van der Waals surface area (Å²) in [5.41, 5.74) is 0.600. The lowest BCUT2D eigenvalue weighted by molar-refractivity contribution is -0.138. The number of carbonyl (C=O) groups is 2. The first-order valence-electron chi connectivity index (χ1n) is 6.05. The van der Waals surface area contributed by atoms with E-state index in [0.29, 0.717) is 5.92 Å². The van der Waals surface area contributed by atoms with Crippen LogP contribution in [0.2, 0.25) is 0 Å². The van der Waals surface area contributed by atoms with Gasteiger partial charge in [-0.15, -0.1) is 0 Å². The smallest absolute Gasteiger partial charge is 0.307 e. The van der Waals surface area contributed by atoms with Crippen molar-refractivity contribution in [3.05, 3.63) is 23.5 Å². The van der Waals surface area contributed by atoms with Crippen LogP contribution in [0.1, 0.15) is 40.0 Å². The van der Waals surface area contributed by atoms with Crippen molar-refractivity contribution in [3.8, 4) is 0 Å². The Kier molecular flexibility index (Phi) is 2.94. The van der Waals surface area contributed by atoms with Gasteiger partial charge in [0.25, 0.3) is 0 Å². The first kappa shape index (κ1) is 12.1. The van der Waals surface area contributed by atoms with Gasteiger partial charge in [-0.1, -0.05) is 6.08 Å². The summed E-state index contributed by atoms with van der Waals surface area (Å²) in [6.45, 7) is 5.07. The highest BCUT2D eigenvalue weighted by Crippen LogP contribution is 2.51. The van der Waals surface area contributed by atoms with E-state index in [1.54, 1.807) is 6.92 Å². The quantitative estimate of drug-likeness (QED) is 0.690. The van der Waals surface area contributed by atoms with Crippen LogP contribution in [0.15, 0.2) is 23.5 Å². The fourth-order valence-corrected chi connectivity index (χ4v) is 2.88. The molecule has 0 aliphatic heterocycles. The number of ketones is 1. The highest BCUT2D eigenvalue weighted by atomic mass is 16.5. The van der Waals surface area contributed by atoms with E-state index in [-0.39, 0.29) is 17.2 Å². The number of Topliss-reactive ketones (excluding diaryl/α,β-unsaturated/α-hetero) is 1. The lowest BCUT2D eigenvalue weighted by Gasteiger charge is -2.35. The van der Waals surface area contributed by atoms with Crippen molar-refractivity contribution in [2.75, 3.05) is 0 Å². The van der Waals surface area contributed by atoms with E-state index in [1.807, 2.05) is 12.2 Å². The summed E-state index contributed by atoms with van der Waals surface area (Å²) in [6, 6.07) is 0. The molecule has 2 aliphatic carbocycles. The number of hydrogen-bond acceptors (Lipinski definition) is 3. The van der Waals surface area contributed by atoms with Gasteiger partial charge in [-0.25, -0.2) is 0 Å². The van der Waals surface area contributed by atoms with Crippen LogP contribution in [-0.4, -0.2) is 11.8 Å². The van der Waals surface area contributed by atoms with Crippen LogP contribution in [0.4, 0.5) is 0 Å². The molecule has 0 unspecified atom stereocenters. The molecule has 2 atom stereocenters. The van der Waals surface area contributed by atoms with Gasteiger partial charge in [-0.2, -0.15) is 0 Å². The van der Waals surface area contributed by atoms with E-state index in [9.17, 15) is 9.59 Å². The van der Waals surface area contributed by atoms with Gasteiger partial charge >= 0.3 is 5.97 Å². The molecule has 0 fully saturated rings. The highest BCUT2D eigenvalue weighted by molar-refractivity contribution is 5.94. The third-order valence-electron chi connectivity index (χ3n) is 3.87. The second-order valence-corrected chi connectivity index (χ2v) is 5.15. The summed E-state index contributed by atoms with van der Waals surface area (Å²) in [5, 5.41) is 0. The van der Waals surface area contributed by atoms with Crippen molar-refractivity contribution >= 4 is 11.8 Å². The molecule has 2 aliphatic rings. The number of carbonyl (C=O) groups excluding carboxylic acids is 2. The highest BCUT2D eigenvalue weighted by Gasteiger charge is 2.45. The maximum absolute atomic E-state index is 11.5. The topological polar surface area (TPSA) is 43.4 Å². The minimum atomic E-state index is -0.289. The van der Waals surface area contributed by atoms with E-state index < -0.39 is 0 Å². The monoisotopic (exact) mass is 234 g/mol. The maximum atomic E-state index is 11.5. The van der Waals surface area contributed by atoms with Crippen LogP contribution in [0.3, 0.4) is 0 Å². The first-order valence-corrected chi connectivity index (χ1v) is 6.05. The standard InChI is InChI=1S/C14H18O3/c1-9(15)11-7-12-5-4-6-13(17-10(2)16)14(12,3)8-11/h6,8,12H,4-5,7H2,1-3H3/t12-,14+/m1/s1. The summed E-state index contributed by atoms with van der Waals surface area (Å²) >= 11 is 0. The van der Waals surface area contributed by atoms with Gasteiger partial charge in [0.15, 0.2) is 5.78 Å². The third-order valence-corrected chi connectivity index (χ3v) is 3.87. The Hall–Kier alpha value is -1.38. The Bertz CT molecular complexity index is 431. The van der Waals surface area contributed by atoms with Crippen LogP contribution in [0.5, 0.6) is 0 Å². The average Bonchev–Trinajstić information content (AvgIpc) is 2.57. The number of fused-ring (bicyclic) bond motifs is 1. The Morgan fingerprint density at radius 1 is 1.41 bits per heavy atom. The lowest BCUT2D eigenvalue weighted by atomic mass is 9.72. The predicted octanol–water partition coefficient (Wildman–Crippen LogP) is 2.77. The number of allylic oxidation sites excluding steroid dienone is 3. The Morgan fingerprint density at radius 2 is 2.12 bits per heavy atom. The zero-order chi connectivity index (χ0) is 12.6. The molecule has 17 heavy (non-hydrogen) atoms. The minimum Gasteiger partial charge on any atom is -0.431 e. The summed E-state index contributed by atoms with van der Waals surface area (Å²) in [4.78, 5) is 22.6. The molecular weight excluding hydrogens is 216 g/mol. The zero-order valence-corrected chi connectivity index (χ0v) is 10.6. The van der Waals surface area contributed by atoms with Gasteiger partial charge in [0, 0.05) is 12.3 Å². The van der Waals surface area contributed by atoms with Crippen molar-refractivity contribution in [1.82, 2.24) is 0 Å². The summed E-state index contributed by atoms with van der Waals surface area (Å²) in [6.07, 6.45) is 6.76. The molecule has 0 heterocycles. The van der Waals surface area contributed by atoms with Gasteiger partial charge in [0.1, 0.15) is 5.76 Å². The van der Waals surface area contributed by atoms with Gasteiger partial charge in [0.05, 0.1) is 0 Å². The molecule has 92 valence electrons. The maximum Gasteiger partial charge on any atom is 0.307 e. The molecule has 3 nitrogen and oxygen atoms in total. The number of esters is 1. The predicted molar refractivity (Wildman–Crippen MR) is 64.1 cm³/mol. The molecule has 0 saturated heterocycles. The molecule has 3 heteroatoms. The van der Waals surface area contributed by atoms with Gasteiger partial charge in [-0.3, -0.25) is 9.59 Å². The number of hydrogen-bond donors (Lipinski definition) is 0.